The van der Waals surface area contributed by atoms with Crippen LogP contribution in [0.25, 0.3) is 0 Å². The summed E-state index contributed by atoms with van der Waals surface area (Å²) in [6, 6.07) is 5.80. The zero-order chi connectivity index (χ0) is 13.8. The predicted octanol–water partition coefficient (Wildman–Crippen LogP) is 3.90. The van der Waals surface area contributed by atoms with Crippen LogP contribution < -0.4 is 15.8 Å². The maximum atomic E-state index is 5.89. The Morgan fingerprint density at radius 1 is 1.28 bits per heavy atom. The number of hydrogen-bond acceptors (Lipinski definition) is 3. The molecule has 3 heteroatoms. The number of hydrogen-bond donors (Lipinski definition) is 2. The van der Waals surface area contributed by atoms with E-state index >= 15 is 0 Å². The predicted molar refractivity (Wildman–Crippen MR) is 79.2 cm³/mol. The molecule has 1 aromatic rings. The average molecular weight is 250 g/mol. The van der Waals surface area contributed by atoms with E-state index in [1.165, 1.54) is 0 Å². The maximum absolute atomic E-state index is 5.89. The number of nitrogen functional groups attached to an aromatic ring is 1. The van der Waals surface area contributed by atoms with Crippen molar-refractivity contribution in [3.05, 3.63) is 18.2 Å². The Morgan fingerprint density at radius 3 is 2.50 bits per heavy atom. The third kappa shape index (κ3) is 4.86. The van der Waals surface area contributed by atoms with Gasteiger partial charge in [0.1, 0.15) is 5.75 Å². The van der Waals surface area contributed by atoms with Crippen molar-refractivity contribution in [1.29, 1.82) is 0 Å². The Labute approximate surface area is 111 Å². The lowest BCUT2D eigenvalue weighted by Gasteiger charge is -2.24. The van der Waals surface area contributed by atoms with Crippen LogP contribution in [-0.2, 0) is 0 Å². The quantitative estimate of drug-likeness (QED) is 0.753. The Balaban J connectivity index is 2.74. The molecule has 0 bridgehead atoms. The lowest BCUT2D eigenvalue weighted by molar-refractivity contribution is 0.242. The van der Waals surface area contributed by atoms with Gasteiger partial charge in [-0.25, -0.2) is 0 Å². The van der Waals surface area contributed by atoms with Crippen molar-refractivity contribution in [2.75, 3.05) is 17.6 Å². The summed E-state index contributed by atoms with van der Waals surface area (Å²) in [5.74, 6) is 0.821. The standard InChI is InChI=1S/C15H26N2O/c1-6-15(4,5)10-17-13-7-12(16)8-14(9-13)18-11(2)3/h7-9,11,17H,6,10,16H2,1-5H3. The fraction of sp³-hybridized carbons (Fsp3) is 0.600. The zero-order valence-electron chi connectivity index (χ0n) is 12.2. The summed E-state index contributed by atoms with van der Waals surface area (Å²) < 4.78 is 5.67. The van der Waals surface area contributed by atoms with Crippen molar-refractivity contribution in [1.82, 2.24) is 0 Å². The highest BCUT2D eigenvalue weighted by molar-refractivity contribution is 5.59. The van der Waals surface area contributed by atoms with Gasteiger partial charge in [0, 0.05) is 30.1 Å². The number of anilines is 2. The smallest absolute Gasteiger partial charge is 0.123 e. The van der Waals surface area contributed by atoms with Crippen molar-refractivity contribution in [2.45, 2.75) is 47.1 Å². The van der Waals surface area contributed by atoms with E-state index in [0.717, 1.165) is 30.1 Å². The van der Waals surface area contributed by atoms with E-state index < -0.39 is 0 Å². The molecule has 3 N–H and O–H groups in total. The fourth-order valence-electron chi connectivity index (χ4n) is 1.53. The minimum absolute atomic E-state index is 0.159. The SMILES string of the molecule is CCC(C)(C)CNc1cc(N)cc(OC(C)C)c1. The molecule has 0 saturated carbocycles. The van der Waals surface area contributed by atoms with Crippen molar-refractivity contribution in [2.24, 2.45) is 5.41 Å². The van der Waals surface area contributed by atoms with Gasteiger partial charge in [-0.15, -0.1) is 0 Å². The average Bonchev–Trinajstić information content (AvgIpc) is 2.25. The molecule has 0 atom stereocenters. The monoisotopic (exact) mass is 250 g/mol. The van der Waals surface area contributed by atoms with Gasteiger partial charge in [-0.05, 0) is 31.7 Å². The van der Waals surface area contributed by atoms with Crippen LogP contribution >= 0.6 is 0 Å². The first kappa shape index (κ1) is 14.7. The summed E-state index contributed by atoms with van der Waals surface area (Å²) >= 11 is 0. The van der Waals surface area contributed by atoms with Crippen molar-refractivity contribution in [3.63, 3.8) is 0 Å². The molecule has 0 fully saturated rings. The van der Waals surface area contributed by atoms with E-state index in [9.17, 15) is 0 Å². The molecule has 0 heterocycles. The van der Waals surface area contributed by atoms with Gasteiger partial charge in [0.2, 0.25) is 0 Å². The molecule has 0 amide bonds. The lowest BCUT2D eigenvalue weighted by atomic mass is 9.90. The van der Waals surface area contributed by atoms with Crippen LogP contribution in [-0.4, -0.2) is 12.6 Å². The van der Waals surface area contributed by atoms with Gasteiger partial charge in [0.05, 0.1) is 6.10 Å². The molecule has 0 aliphatic heterocycles. The molecule has 0 saturated heterocycles. The topological polar surface area (TPSA) is 47.3 Å². The minimum Gasteiger partial charge on any atom is -0.491 e. The molecule has 0 aromatic heterocycles. The molecular weight excluding hydrogens is 224 g/mol. The van der Waals surface area contributed by atoms with Crippen LogP contribution in [0, 0.1) is 5.41 Å². The van der Waals surface area contributed by atoms with Gasteiger partial charge >= 0.3 is 0 Å². The van der Waals surface area contributed by atoms with Gasteiger partial charge < -0.3 is 15.8 Å². The second kappa shape index (κ2) is 5.98. The molecule has 0 aliphatic rings. The Bertz CT molecular complexity index is 386. The number of rotatable bonds is 6. The van der Waals surface area contributed by atoms with E-state index in [-0.39, 0.29) is 11.5 Å². The first-order chi connectivity index (χ1) is 8.32. The summed E-state index contributed by atoms with van der Waals surface area (Å²) in [5, 5.41) is 3.43. The molecule has 0 unspecified atom stereocenters. The summed E-state index contributed by atoms with van der Waals surface area (Å²) in [5.41, 5.74) is 7.92. The van der Waals surface area contributed by atoms with E-state index in [1.807, 2.05) is 32.0 Å². The van der Waals surface area contributed by atoms with Crippen LogP contribution in [0.15, 0.2) is 18.2 Å². The summed E-state index contributed by atoms with van der Waals surface area (Å²) in [4.78, 5) is 0. The Hall–Kier alpha value is -1.38. The van der Waals surface area contributed by atoms with Gasteiger partial charge in [0.15, 0.2) is 0 Å². The van der Waals surface area contributed by atoms with E-state index in [2.05, 4.69) is 26.1 Å². The van der Waals surface area contributed by atoms with Crippen LogP contribution in [0.5, 0.6) is 5.75 Å². The molecule has 1 rings (SSSR count). The van der Waals surface area contributed by atoms with E-state index in [1.54, 1.807) is 0 Å². The largest absolute Gasteiger partial charge is 0.491 e. The van der Waals surface area contributed by atoms with E-state index in [0.29, 0.717) is 0 Å². The molecule has 0 aliphatic carbocycles. The van der Waals surface area contributed by atoms with Gasteiger partial charge in [-0.3, -0.25) is 0 Å². The first-order valence-electron chi connectivity index (χ1n) is 6.63. The summed E-state index contributed by atoms with van der Waals surface area (Å²) in [7, 11) is 0. The van der Waals surface area contributed by atoms with Crippen LogP contribution in [0.1, 0.15) is 41.0 Å². The van der Waals surface area contributed by atoms with Crippen LogP contribution in [0.4, 0.5) is 11.4 Å². The molecule has 3 nitrogen and oxygen atoms in total. The number of ether oxygens (including phenoxy) is 1. The molecule has 18 heavy (non-hydrogen) atoms. The van der Waals surface area contributed by atoms with Gasteiger partial charge in [-0.2, -0.15) is 0 Å². The van der Waals surface area contributed by atoms with Crippen molar-refractivity contribution in [3.8, 4) is 5.75 Å². The molecule has 102 valence electrons. The van der Waals surface area contributed by atoms with Gasteiger partial charge in [-0.1, -0.05) is 20.8 Å². The van der Waals surface area contributed by atoms with Gasteiger partial charge in [0.25, 0.3) is 0 Å². The van der Waals surface area contributed by atoms with Crippen LogP contribution in [0.2, 0.25) is 0 Å². The highest BCUT2D eigenvalue weighted by Crippen LogP contribution is 2.26. The normalized spacial score (nSPS) is 11.7. The Kier molecular flexibility index (Phi) is 4.88. The van der Waals surface area contributed by atoms with Crippen LogP contribution in [0.3, 0.4) is 0 Å². The summed E-state index contributed by atoms with van der Waals surface area (Å²) in [6.07, 6.45) is 1.30. The number of benzene rings is 1. The Morgan fingerprint density at radius 2 is 1.94 bits per heavy atom. The number of nitrogens with one attached hydrogen (secondary N) is 1. The molecule has 0 spiro atoms. The highest BCUT2D eigenvalue weighted by atomic mass is 16.5. The third-order valence-corrected chi connectivity index (χ3v) is 3.03. The first-order valence-corrected chi connectivity index (χ1v) is 6.63. The lowest BCUT2D eigenvalue weighted by Crippen LogP contribution is -2.22. The highest BCUT2D eigenvalue weighted by Gasteiger charge is 2.14. The second-order valence-corrected chi connectivity index (χ2v) is 5.83. The van der Waals surface area contributed by atoms with Crippen molar-refractivity contribution < 1.29 is 4.74 Å². The molecule has 1 aromatic carbocycles. The third-order valence-electron chi connectivity index (χ3n) is 3.03. The van der Waals surface area contributed by atoms with E-state index in [4.69, 9.17) is 10.5 Å². The fourth-order valence-corrected chi connectivity index (χ4v) is 1.53. The van der Waals surface area contributed by atoms with Crippen molar-refractivity contribution >= 4 is 11.4 Å². The second-order valence-electron chi connectivity index (χ2n) is 5.83. The summed E-state index contributed by atoms with van der Waals surface area (Å²) in [6.45, 7) is 11.6. The zero-order valence-corrected chi connectivity index (χ0v) is 12.2. The minimum atomic E-state index is 0.159. The maximum Gasteiger partial charge on any atom is 0.123 e. The molecular formula is C15H26N2O. The molecule has 0 radical (unpaired) electrons. The number of nitrogens with two attached hydrogens (primary N) is 1.